The van der Waals surface area contributed by atoms with Crippen molar-refractivity contribution in [3.05, 3.63) is 245 Å². The van der Waals surface area contributed by atoms with E-state index < -0.39 is 18.7 Å². The molecule has 8 N–H and O–H groups in total. The Balaban J connectivity index is 0.000000126. The Bertz CT molecular complexity index is 7270. The predicted octanol–water partition coefficient (Wildman–Crippen LogP) is 18.6. The molecule has 0 atom stereocenters. The number of halogens is 8. The molecule has 8 heterocycles. The number of Topliss-reactive ketones (excluding diaryl/α,β-unsaturated/α-hetero) is 4. The van der Waals surface area contributed by atoms with Crippen LogP contribution in [0.1, 0.15) is 115 Å². The van der Waals surface area contributed by atoms with Crippen LogP contribution < -0.4 is 51.4 Å². The molecule has 0 amide bonds. The number of hydrogen-bond donors (Lipinski definition) is 4. The van der Waals surface area contributed by atoms with Crippen molar-refractivity contribution in [2.75, 3.05) is 52.4 Å². The Morgan fingerprint density at radius 3 is 1.11 bits per heavy atom. The first kappa shape index (κ1) is 92.9. The largest absolute Gasteiger partial charge is 0.573 e. The molecule has 0 spiro atoms. The molecule has 20 rings (SSSR count). The minimum absolute atomic E-state index is 0.0185. The Hall–Kier alpha value is -14.9. The highest BCUT2D eigenvalue weighted by Crippen LogP contribution is 2.53. The van der Waals surface area contributed by atoms with Crippen LogP contribution >= 0.6 is 34.8 Å². The summed E-state index contributed by atoms with van der Waals surface area (Å²) in [5, 5.41) is 18.8. The fourth-order valence-electron chi connectivity index (χ4n) is 16.4. The van der Waals surface area contributed by atoms with Crippen LogP contribution in [0.25, 0.3) is 109 Å². The number of fused-ring (bicyclic) bond motifs is 4. The number of aryl methyl sites for hydroxylation is 4. The van der Waals surface area contributed by atoms with Crippen molar-refractivity contribution in [3.63, 3.8) is 0 Å². The maximum atomic E-state index is 13.1. The van der Waals surface area contributed by atoms with Crippen molar-refractivity contribution in [1.29, 1.82) is 0 Å². The van der Waals surface area contributed by atoms with E-state index in [4.69, 9.17) is 103 Å². The van der Waals surface area contributed by atoms with E-state index in [-0.39, 0.29) is 134 Å². The molecule has 8 aromatic carbocycles. The number of aromatic nitrogens is 8. The second-order valence-electron chi connectivity index (χ2n) is 32.7. The summed E-state index contributed by atoms with van der Waals surface area (Å²) in [7, 11) is 6.93. The maximum absolute atomic E-state index is 13.1. The standard InChI is InChI=1S/C25H20F3N5O3.C25H21F2N5O3.C24H19Cl2N5O2.C24H20ClN5O2/c1-30-23-18(8-15(36-25(26,27)28)9-22(23)35-14-4-5-14)24-19(11-32-33(24)2)13-3-6-16-17(7-13)20(10-29)31-12-21(16)34;1-29-23-18(8-15(35-25(26)27)9-22(23)34-14-4-5-14)24-19(11-31-32(24)2)13-3-6-16-17(7-13)20(10-28)30-12-21(16)33;1-28-23-16(7-13(25)8-21(23)33-14-3-4-14)24-17(10-30-31(24)2)12-5-15-19(9-27)29-11-20(32)22(15)18(26)6-12;1-27-23-21(32-14-4-5-14)8-7-18(25)22(23)24-17(11-29-30(24)2)13-3-6-15-16(9-13)19(10-26)28-12-20(15)31/h3,6-9,11,14H,4-5,10,12,29H2,2H3;3,6-9,11,14,25H,4-5,10,12,28H2,2H3;5-8,10,14H,3-4,9,11,27H2,2H3;3,6-9,11,14H,4-5,10,12,26H2,2H3. The van der Waals surface area contributed by atoms with Gasteiger partial charge < -0.3 is 51.4 Å². The van der Waals surface area contributed by atoms with Crippen molar-refractivity contribution in [2.45, 2.75) is 88.8 Å². The fourth-order valence-corrected chi connectivity index (χ4v) is 17.2. The minimum Gasteiger partial charge on any atom is -0.501 e. The lowest BCUT2D eigenvalue weighted by molar-refractivity contribution is -0.274. The zero-order valence-corrected chi connectivity index (χ0v) is 75.3. The minimum atomic E-state index is -4.92. The summed E-state index contributed by atoms with van der Waals surface area (Å²) in [5.74, 6) is 0.201. The van der Waals surface area contributed by atoms with Crippen LogP contribution in [0, 0.1) is 26.3 Å². The molecular weight excluding hydrogens is 1820 g/mol. The predicted molar refractivity (Wildman–Crippen MR) is 503 cm³/mol. The maximum Gasteiger partial charge on any atom is 0.573 e. The topological polar surface area (TPSA) is 366 Å². The lowest BCUT2D eigenvalue weighted by atomic mass is 9.91. The van der Waals surface area contributed by atoms with Crippen molar-refractivity contribution in [1.82, 2.24) is 39.1 Å². The van der Waals surface area contributed by atoms with Crippen molar-refractivity contribution in [3.8, 4) is 124 Å². The second-order valence-corrected chi connectivity index (χ2v) is 33.9. The summed E-state index contributed by atoms with van der Waals surface area (Å²) in [6, 6.07) is 31.6. The van der Waals surface area contributed by atoms with Crippen LogP contribution in [-0.4, -0.2) is 175 Å². The lowest BCUT2D eigenvalue weighted by Crippen LogP contribution is -2.25. The number of ketones is 4. The number of hydrogen-bond acceptors (Lipinski definition) is 22. The molecule has 4 aliphatic carbocycles. The molecule has 4 fully saturated rings. The van der Waals surface area contributed by atoms with Gasteiger partial charge in [-0.3, -0.25) is 57.9 Å². The van der Waals surface area contributed by atoms with Gasteiger partial charge in [0.05, 0.1) is 126 Å². The van der Waals surface area contributed by atoms with Crippen LogP contribution in [0.2, 0.25) is 15.1 Å². The average molecular weight is 1900 g/mol. The number of nitrogens with zero attached hydrogens (tertiary/aromatic N) is 16. The first-order chi connectivity index (χ1) is 65.5. The number of carbonyl (C=O) groups excluding carboxylic acids is 4. The molecule has 4 aliphatic heterocycles. The van der Waals surface area contributed by atoms with Crippen molar-refractivity contribution < 1.29 is 69.6 Å². The van der Waals surface area contributed by atoms with Gasteiger partial charge in [0.15, 0.2) is 23.1 Å². The zero-order valence-electron chi connectivity index (χ0n) is 73.1. The highest BCUT2D eigenvalue weighted by Gasteiger charge is 2.38. The Labute approximate surface area is 789 Å². The molecule has 0 unspecified atom stereocenters. The first-order valence-corrected chi connectivity index (χ1v) is 44.0. The summed E-state index contributed by atoms with van der Waals surface area (Å²) >= 11 is 19.6. The summed E-state index contributed by atoms with van der Waals surface area (Å²) in [6.07, 6.45) is 8.85. The quantitative estimate of drug-likeness (QED) is 0.0341. The molecule has 4 aromatic heterocycles. The average Bonchev–Trinajstić information content (AvgIpc) is 1.70. The van der Waals surface area contributed by atoms with Gasteiger partial charge in [-0.1, -0.05) is 71.2 Å². The molecule has 8 aliphatic rings. The van der Waals surface area contributed by atoms with Crippen LogP contribution in [0.3, 0.4) is 0 Å². The molecule has 38 heteroatoms. The molecule has 0 bridgehead atoms. The van der Waals surface area contributed by atoms with Crippen molar-refractivity contribution >= 4 is 104 Å². The molecule has 4 saturated carbocycles. The van der Waals surface area contributed by atoms with Gasteiger partial charge in [-0.2, -0.15) is 29.2 Å². The summed E-state index contributed by atoms with van der Waals surface area (Å²) in [4.78, 5) is 81.4. The first-order valence-electron chi connectivity index (χ1n) is 42.8. The van der Waals surface area contributed by atoms with Crippen molar-refractivity contribution in [2.24, 2.45) is 71.1 Å². The van der Waals surface area contributed by atoms with Crippen LogP contribution in [0.5, 0.6) is 34.5 Å². The molecule has 0 saturated heterocycles. The SMILES string of the molecule is [C-]#[N+]c1c(OC2CC2)cc(Cl)cc1-c1c(-c2cc(Cl)c3c(c2)C(CN)=NCC3=O)cnn1C.[C-]#[N+]c1c(OC2CC2)cc(OC(F)(F)F)cc1-c1c(-c2ccc3c(c2)C(CN)=NCC3=O)cnn1C.[C-]#[N+]c1c(OC2CC2)cc(OC(F)F)cc1-c1c(-c2ccc3c(c2)C(CN)=NCC3=O)cnn1C.[C-]#[N+]c1c(OC2CC2)ccc(Cl)c1-c1c(-c2ccc3c(c2)C(CN)=NCC3=O)cnn1C. The Morgan fingerprint density at radius 1 is 0.375 bits per heavy atom. The number of aliphatic imine (C=N–C) groups is 4. The second kappa shape index (κ2) is 38.6. The number of benzene rings is 8. The van der Waals surface area contributed by atoms with Gasteiger partial charge in [-0.15, -0.1) is 13.2 Å². The van der Waals surface area contributed by atoms with E-state index in [0.29, 0.717) is 161 Å². The molecule has 136 heavy (non-hydrogen) atoms. The van der Waals surface area contributed by atoms with Crippen LogP contribution in [0.4, 0.5) is 44.7 Å². The Morgan fingerprint density at radius 2 is 0.721 bits per heavy atom. The van der Waals surface area contributed by atoms with Gasteiger partial charge in [-0.25, -0.2) is 19.4 Å². The smallest absolute Gasteiger partial charge is 0.501 e. The normalized spacial score (nSPS) is 15.1. The van der Waals surface area contributed by atoms with E-state index in [1.165, 1.54) is 16.8 Å². The third kappa shape index (κ3) is 19.2. The van der Waals surface area contributed by atoms with Gasteiger partial charge in [-0.05, 0) is 140 Å². The number of carbonyl (C=O) groups is 4. The van der Waals surface area contributed by atoms with Crippen LogP contribution in [0.15, 0.2) is 160 Å². The van der Waals surface area contributed by atoms with Gasteiger partial charge >= 0.3 is 13.0 Å². The molecule has 30 nitrogen and oxygen atoms in total. The summed E-state index contributed by atoms with van der Waals surface area (Å²) in [5.41, 5.74) is 41.3. The summed E-state index contributed by atoms with van der Waals surface area (Å²) in [6.45, 7) is 29.2. The van der Waals surface area contributed by atoms with Gasteiger partial charge in [0, 0.05) is 166 Å². The number of rotatable bonds is 23. The van der Waals surface area contributed by atoms with Gasteiger partial charge in [0.2, 0.25) is 22.7 Å². The van der Waals surface area contributed by atoms with E-state index in [2.05, 4.69) is 69.2 Å². The van der Waals surface area contributed by atoms with Gasteiger partial charge in [0.1, 0.15) is 60.7 Å². The van der Waals surface area contributed by atoms with Crippen LogP contribution in [-0.2, 0) is 28.2 Å². The van der Waals surface area contributed by atoms with E-state index in [1.54, 1.807) is 127 Å². The fraction of sp³-hybridized carbons (Fsp3) is 0.265. The van der Waals surface area contributed by atoms with E-state index in [0.717, 1.165) is 91.3 Å². The molecule has 0 radical (unpaired) electrons. The Kier molecular flexibility index (Phi) is 26.4. The molecule has 688 valence electrons. The van der Waals surface area contributed by atoms with Gasteiger partial charge in [0.25, 0.3) is 0 Å². The van der Waals surface area contributed by atoms with E-state index in [1.807, 2.05) is 31.3 Å². The number of ether oxygens (including phenoxy) is 6. The third-order valence-corrected chi connectivity index (χ3v) is 24.2. The highest BCUT2D eigenvalue weighted by molar-refractivity contribution is 6.37. The van der Waals surface area contributed by atoms with E-state index >= 15 is 0 Å². The number of alkyl halides is 5. The number of nitrogens with two attached hydrogens (primary N) is 4. The lowest BCUT2D eigenvalue weighted by Gasteiger charge is -2.18. The molecular formula is C98H80Cl3F5N20O10. The van der Waals surface area contributed by atoms with E-state index in [9.17, 15) is 41.1 Å². The molecule has 12 aromatic rings. The highest BCUT2D eigenvalue weighted by atomic mass is 35.5. The third-order valence-electron chi connectivity index (χ3n) is 23.4. The summed E-state index contributed by atoms with van der Waals surface area (Å²) < 4.78 is 104. The zero-order chi connectivity index (χ0) is 96.0. The monoisotopic (exact) mass is 1900 g/mol.